The number of aromatic amines is 1. The first kappa shape index (κ1) is 17.2. The molecule has 138 valence electrons. The molecule has 1 aliphatic heterocycles. The highest BCUT2D eigenvalue weighted by atomic mass is 19.1. The number of fused-ring (bicyclic) bond motifs is 1. The molecule has 6 nitrogen and oxygen atoms in total. The number of amides is 2. The predicted octanol–water partition coefficient (Wildman–Crippen LogP) is 2.45. The van der Waals surface area contributed by atoms with Gasteiger partial charge < -0.3 is 15.2 Å². The molecule has 27 heavy (non-hydrogen) atoms. The molecule has 2 N–H and O–H groups in total. The molecule has 0 bridgehead atoms. The SMILES string of the molecule is O=C(NCCC(=O)N1CC(c2nc3ccccc3[nH]2)C1)c1ccccc1F. The largest absolute Gasteiger partial charge is 0.351 e. The predicted molar refractivity (Wildman–Crippen MR) is 98.8 cm³/mol. The molecule has 0 atom stereocenters. The van der Waals surface area contributed by atoms with E-state index in [0.29, 0.717) is 13.1 Å². The second-order valence-electron chi connectivity index (χ2n) is 6.62. The van der Waals surface area contributed by atoms with Crippen LogP contribution < -0.4 is 5.32 Å². The fourth-order valence-corrected chi connectivity index (χ4v) is 3.20. The lowest BCUT2D eigenvalue weighted by molar-refractivity contribution is -0.135. The van der Waals surface area contributed by atoms with Crippen LogP contribution in [0.3, 0.4) is 0 Å². The number of halogens is 1. The van der Waals surface area contributed by atoms with Crippen LogP contribution >= 0.6 is 0 Å². The van der Waals surface area contributed by atoms with E-state index in [4.69, 9.17) is 0 Å². The maximum atomic E-state index is 13.6. The molecule has 2 heterocycles. The summed E-state index contributed by atoms with van der Waals surface area (Å²) in [4.78, 5) is 33.8. The van der Waals surface area contributed by atoms with Gasteiger partial charge in [0.1, 0.15) is 11.6 Å². The van der Waals surface area contributed by atoms with Crippen molar-refractivity contribution >= 4 is 22.8 Å². The number of carbonyl (C=O) groups is 2. The Morgan fingerprint density at radius 3 is 2.67 bits per heavy atom. The Hall–Kier alpha value is -3.22. The van der Waals surface area contributed by atoms with Gasteiger partial charge in [0.25, 0.3) is 5.91 Å². The summed E-state index contributed by atoms with van der Waals surface area (Å²) in [5.41, 5.74) is 1.90. The maximum absolute atomic E-state index is 13.6. The van der Waals surface area contributed by atoms with Crippen LogP contribution in [-0.2, 0) is 4.79 Å². The van der Waals surface area contributed by atoms with Crippen molar-refractivity contribution in [1.82, 2.24) is 20.2 Å². The number of carbonyl (C=O) groups excluding carboxylic acids is 2. The number of nitrogens with one attached hydrogen (secondary N) is 2. The summed E-state index contributed by atoms with van der Waals surface area (Å²) in [6.07, 6.45) is 0.188. The van der Waals surface area contributed by atoms with Crippen LogP contribution in [0.2, 0.25) is 0 Å². The van der Waals surface area contributed by atoms with E-state index in [9.17, 15) is 14.0 Å². The van der Waals surface area contributed by atoms with Gasteiger partial charge >= 0.3 is 0 Å². The van der Waals surface area contributed by atoms with Crippen LogP contribution in [0.25, 0.3) is 11.0 Å². The van der Waals surface area contributed by atoms with Crippen LogP contribution in [0.5, 0.6) is 0 Å². The number of likely N-dealkylation sites (tertiary alicyclic amines) is 1. The number of nitrogens with zero attached hydrogens (tertiary/aromatic N) is 2. The zero-order valence-electron chi connectivity index (χ0n) is 14.6. The van der Waals surface area contributed by atoms with E-state index in [0.717, 1.165) is 16.9 Å². The van der Waals surface area contributed by atoms with Gasteiger partial charge in [-0.05, 0) is 24.3 Å². The molecule has 1 fully saturated rings. The van der Waals surface area contributed by atoms with Crippen molar-refractivity contribution in [2.45, 2.75) is 12.3 Å². The van der Waals surface area contributed by atoms with E-state index in [2.05, 4.69) is 15.3 Å². The van der Waals surface area contributed by atoms with Crippen molar-refractivity contribution in [2.24, 2.45) is 0 Å². The molecular weight excluding hydrogens is 347 g/mol. The summed E-state index contributed by atoms with van der Waals surface area (Å²) in [6.45, 7) is 1.40. The molecule has 0 unspecified atom stereocenters. The van der Waals surface area contributed by atoms with Gasteiger partial charge in [0.2, 0.25) is 5.91 Å². The monoisotopic (exact) mass is 366 g/mol. The Kier molecular flexibility index (Phi) is 4.58. The normalized spacial score (nSPS) is 14.2. The molecule has 2 aromatic carbocycles. The Morgan fingerprint density at radius 2 is 1.89 bits per heavy atom. The topological polar surface area (TPSA) is 78.1 Å². The molecule has 0 radical (unpaired) electrons. The standard InChI is InChI=1S/C20H19FN4O2/c21-15-6-2-1-5-14(15)20(27)22-10-9-18(26)25-11-13(12-25)19-23-16-7-3-4-8-17(16)24-19/h1-8,13H,9-12H2,(H,22,27)(H,23,24). The molecule has 4 rings (SSSR count). The van der Waals surface area contributed by atoms with E-state index in [1.165, 1.54) is 18.2 Å². The molecule has 1 aromatic heterocycles. The molecule has 7 heteroatoms. The Balaban J connectivity index is 1.25. The summed E-state index contributed by atoms with van der Waals surface area (Å²) in [5, 5.41) is 2.59. The zero-order valence-corrected chi connectivity index (χ0v) is 14.6. The second kappa shape index (κ2) is 7.19. The van der Waals surface area contributed by atoms with E-state index >= 15 is 0 Å². The number of imidazole rings is 1. The van der Waals surface area contributed by atoms with Crippen molar-refractivity contribution < 1.29 is 14.0 Å². The van der Waals surface area contributed by atoms with E-state index in [1.54, 1.807) is 11.0 Å². The van der Waals surface area contributed by atoms with Crippen molar-refractivity contribution in [3.05, 3.63) is 65.7 Å². The quantitative estimate of drug-likeness (QED) is 0.728. The molecule has 0 saturated carbocycles. The van der Waals surface area contributed by atoms with E-state index in [1.807, 2.05) is 24.3 Å². The number of rotatable bonds is 5. The molecular formula is C20H19FN4O2. The van der Waals surface area contributed by atoms with Gasteiger partial charge in [-0.2, -0.15) is 0 Å². The fraction of sp³-hybridized carbons (Fsp3) is 0.250. The van der Waals surface area contributed by atoms with Crippen LogP contribution in [0.1, 0.15) is 28.5 Å². The van der Waals surface area contributed by atoms with Gasteiger partial charge in [0.15, 0.2) is 0 Å². The third-order valence-electron chi connectivity index (χ3n) is 4.77. The molecule has 1 saturated heterocycles. The Morgan fingerprint density at radius 1 is 1.15 bits per heavy atom. The molecule has 2 amide bonds. The summed E-state index contributed by atoms with van der Waals surface area (Å²) < 4.78 is 13.6. The minimum Gasteiger partial charge on any atom is -0.351 e. The number of hydrogen-bond acceptors (Lipinski definition) is 3. The van der Waals surface area contributed by atoms with Gasteiger partial charge in [-0.3, -0.25) is 9.59 Å². The summed E-state index contributed by atoms with van der Waals surface area (Å²) in [6, 6.07) is 13.6. The average molecular weight is 366 g/mol. The highest BCUT2D eigenvalue weighted by Gasteiger charge is 2.33. The lowest BCUT2D eigenvalue weighted by Gasteiger charge is -2.38. The lowest BCUT2D eigenvalue weighted by atomic mass is 9.99. The smallest absolute Gasteiger partial charge is 0.254 e. The molecule has 0 spiro atoms. The van der Waals surface area contributed by atoms with Crippen molar-refractivity contribution in [3.63, 3.8) is 0 Å². The van der Waals surface area contributed by atoms with Crippen molar-refractivity contribution in [1.29, 1.82) is 0 Å². The average Bonchev–Trinajstić information content (AvgIpc) is 3.04. The van der Waals surface area contributed by atoms with Gasteiger partial charge in [0, 0.05) is 26.1 Å². The fourth-order valence-electron chi connectivity index (χ4n) is 3.20. The number of para-hydroxylation sites is 2. The molecule has 3 aromatic rings. The minimum atomic E-state index is -0.572. The first-order valence-electron chi connectivity index (χ1n) is 8.87. The van der Waals surface area contributed by atoms with E-state index in [-0.39, 0.29) is 30.4 Å². The van der Waals surface area contributed by atoms with Crippen molar-refractivity contribution in [3.8, 4) is 0 Å². The van der Waals surface area contributed by atoms with Crippen LogP contribution in [0.4, 0.5) is 4.39 Å². The van der Waals surface area contributed by atoms with Gasteiger partial charge in [-0.25, -0.2) is 9.37 Å². The van der Waals surface area contributed by atoms with Gasteiger partial charge in [-0.1, -0.05) is 24.3 Å². The van der Waals surface area contributed by atoms with Crippen LogP contribution in [-0.4, -0.2) is 46.3 Å². The minimum absolute atomic E-state index is 0.0150. The number of H-pyrrole nitrogens is 1. The number of benzene rings is 2. The summed E-state index contributed by atoms with van der Waals surface area (Å²) in [7, 11) is 0. The van der Waals surface area contributed by atoms with Crippen LogP contribution in [0, 0.1) is 5.82 Å². The maximum Gasteiger partial charge on any atom is 0.254 e. The van der Waals surface area contributed by atoms with Gasteiger partial charge in [-0.15, -0.1) is 0 Å². The summed E-state index contributed by atoms with van der Waals surface area (Å²) >= 11 is 0. The Bertz CT molecular complexity index is 961. The molecule has 0 aliphatic carbocycles. The third kappa shape index (κ3) is 3.53. The lowest BCUT2D eigenvalue weighted by Crippen LogP contribution is -2.49. The van der Waals surface area contributed by atoms with Crippen LogP contribution in [0.15, 0.2) is 48.5 Å². The van der Waals surface area contributed by atoms with E-state index < -0.39 is 11.7 Å². The highest BCUT2D eigenvalue weighted by Crippen LogP contribution is 2.27. The molecule has 1 aliphatic rings. The summed E-state index contributed by atoms with van der Waals surface area (Å²) in [5.74, 6) is -0.0129. The second-order valence-corrected chi connectivity index (χ2v) is 6.62. The number of aromatic nitrogens is 2. The zero-order chi connectivity index (χ0) is 18.8. The highest BCUT2D eigenvalue weighted by molar-refractivity contribution is 5.94. The number of hydrogen-bond donors (Lipinski definition) is 2. The van der Waals surface area contributed by atoms with Gasteiger partial charge in [0.05, 0.1) is 22.5 Å². The first-order chi connectivity index (χ1) is 13.1. The third-order valence-corrected chi connectivity index (χ3v) is 4.77. The first-order valence-corrected chi connectivity index (χ1v) is 8.87. The van der Waals surface area contributed by atoms with Crippen molar-refractivity contribution in [2.75, 3.05) is 19.6 Å². The Labute approximate surface area is 155 Å².